The number of carbonyl (C=O) groups excluding carboxylic acids is 1. The molecule has 1 aromatic rings. The molecule has 0 spiro atoms. The van der Waals surface area contributed by atoms with E-state index in [1.54, 1.807) is 0 Å². The van der Waals surface area contributed by atoms with Gasteiger partial charge in [-0.3, -0.25) is 4.79 Å². The molecule has 0 unspecified atom stereocenters. The van der Waals surface area contributed by atoms with Crippen molar-refractivity contribution in [3.8, 4) is 0 Å². The Morgan fingerprint density at radius 1 is 1.50 bits per heavy atom. The van der Waals surface area contributed by atoms with E-state index in [0.29, 0.717) is 15.5 Å². The number of amides is 1. The molecule has 4 heteroatoms. The lowest BCUT2D eigenvalue weighted by atomic mass is 9.67. The van der Waals surface area contributed by atoms with Crippen molar-refractivity contribution in [3.05, 3.63) is 34.1 Å². The Labute approximate surface area is 115 Å². The molecule has 2 nitrogen and oxygen atoms in total. The molecule has 0 aromatic heterocycles. The zero-order chi connectivity index (χ0) is 13.2. The maximum Gasteiger partial charge on any atom is 0.251 e. The molecule has 0 bridgehead atoms. The quantitative estimate of drug-likeness (QED) is 0.897. The summed E-state index contributed by atoms with van der Waals surface area (Å²) in [7, 11) is 0. The van der Waals surface area contributed by atoms with E-state index in [9.17, 15) is 9.18 Å². The summed E-state index contributed by atoms with van der Waals surface area (Å²) in [6, 6.07) is 4.33. The number of nitrogens with one attached hydrogen (secondary N) is 1. The van der Waals surface area contributed by atoms with Gasteiger partial charge in [-0.25, -0.2) is 4.39 Å². The molecule has 1 amide bonds. The second-order valence-corrected chi connectivity index (χ2v) is 5.87. The van der Waals surface area contributed by atoms with Crippen molar-refractivity contribution >= 4 is 21.8 Å². The molecule has 1 aliphatic carbocycles. The average molecular weight is 314 g/mol. The lowest BCUT2D eigenvalue weighted by Gasteiger charge is -2.41. The summed E-state index contributed by atoms with van der Waals surface area (Å²) in [6.07, 6.45) is 4.74. The average Bonchev–Trinajstić information content (AvgIpc) is 2.31. The number of carbonyl (C=O) groups is 1. The monoisotopic (exact) mass is 313 g/mol. The first-order valence-electron chi connectivity index (χ1n) is 6.29. The van der Waals surface area contributed by atoms with E-state index in [1.807, 2.05) is 0 Å². The fourth-order valence-corrected chi connectivity index (χ4v) is 2.72. The molecule has 2 rings (SSSR count). The summed E-state index contributed by atoms with van der Waals surface area (Å²) in [5, 5.41) is 2.96. The zero-order valence-electron chi connectivity index (χ0n) is 10.4. The van der Waals surface area contributed by atoms with Gasteiger partial charge in [-0.2, -0.15) is 0 Å². The molecule has 1 aromatic carbocycles. The first-order chi connectivity index (χ1) is 8.56. The van der Waals surface area contributed by atoms with Crippen molar-refractivity contribution in [2.75, 3.05) is 6.54 Å². The predicted octanol–water partition coefficient (Wildman–Crippen LogP) is 3.90. The number of rotatable bonds is 4. The third-order valence-corrected chi connectivity index (χ3v) is 4.58. The highest BCUT2D eigenvalue weighted by Gasteiger charge is 2.35. The number of benzene rings is 1. The van der Waals surface area contributed by atoms with Gasteiger partial charge < -0.3 is 5.32 Å². The Kier molecular flexibility index (Phi) is 4.05. The van der Waals surface area contributed by atoms with E-state index in [1.165, 1.54) is 37.5 Å². The van der Waals surface area contributed by atoms with Gasteiger partial charge in [0, 0.05) is 12.1 Å². The Bertz CT molecular complexity index is 452. The van der Waals surface area contributed by atoms with Crippen LogP contribution in [0.2, 0.25) is 0 Å². The van der Waals surface area contributed by atoms with Crippen LogP contribution in [0.1, 0.15) is 43.0 Å². The van der Waals surface area contributed by atoms with Crippen molar-refractivity contribution in [2.24, 2.45) is 5.41 Å². The second kappa shape index (κ2) is 5.39. The van der Waals surface area contributed by atoms with Crippen LogP contribution in [0.25, 0.3) is 0 Å². The molecule has 98 valence electrons. The summed E-state index contributed by atoms with van der Waals surface area (Å²) >= 11 is 3.09. The maximum atomic E-state index is 13.1. The van der Waals surface area contributed by atoms with Gasteiger partial charge in [0.2, 0.25) is 0 Å². The summed E-state index contributed by atoms with van der Waals surface area (Å²) < 4.78 is 13.4. The number of hydrogen-bond acceptors (Lipinski definition) is 1. The molecule has 0 aliphatic heterocycles. The molecule has 0 atom stereocenters. The molecule has 1 fully saturated rings. The van der Waals surface area contributed by atoms with Crippen LogP contribution in [0, 0.1) is 11.2 Å². The maximum absolute atomic E-state index is 13.1. The van der Waals surface area contributed by atoms with Crippen molar-refractivity contribution in [2.45, 2.75) is 32.6 Å². The van der Waals surface area contributed by atoms with Crippen LogP contribution in [-0.4, -0.2) is 12.5 Å². The Morgan fingerprint density at radius 2 is 2.22 bits per heavy atom. The number of halogens is 2. The van der Waals surface area contributed by atoms with Crippen LogP contribution in [0.5, 0.6) is 0 Å². The highest BCUT2D eigenvalue weighted by Crippen LogP contribution is 2.43. The van der Waals surface area contributed by atoms with Crippen LogP contribution >= 0.6 is 15.9 Å². The van der Waals surface area contributed by atoms with Crippen LogP contribution in [0.15, 0.2) is 22.7 Å². The van der Waals surface area contributed by atoms with E-state index in [4.69, 9.17) is 0 Å². The van der Waals surface area contributed by atoms with Crippen molar-refractivity contribution in [1.29, 1.82) is 0 Å². The topological polar surface area (TPSA) is 29.1 Å². The zero-order valence-corrected chi connectivity index (χ0v) is 12.0. The number of hydrogen-bond donors (Lipinski definition) is 1. The Hall–Kier alpha value is -0.900. The molecule has 0 radical (unpaired) electrons. The van der Waals surface area contributed by atoms with Crippen molar-refractivity contribution < 1.29 is 9.18 Å². The molecule has 18 heavy (non-hydrogen) atoms. The van der Waals surface area contributed by atoms with Crippen LogP contribution in [0.3, 0.4) is 0 Å². The van der Waals surface area contributed by atoms with E-state index < -0.39 is 0 Å². The molecular formula is C14H17BrFNO. The van der Waals surface area contributed by atoms with E-state index >= 15 is 0 Å². The SMILES string of the molecule is CCC1(CNC(=O)c2ccc(F)c(Br)c2)CCC1. The lowest BCUT2D eigenvalue weighted by molar-refractivity contribution is 0.0850. The van der Waals surface area contributed by atoms with Gasteiger partial charge in [-0.05, 0) is 58.8 Å². The van der Waals surface area contributed by atoms with Gasteiger partial charge in [0.1, 0.15) is 5.82 Å². The van der Waals surface area contributed by atoms with Gasteiger partial charge in [0.05, 0.1) is 4.47 Å². The minimum Gasteiger partial charge on any atom is -0.351 e. The van der Waals surface area contributed by atoms with E-state index in [2.05, 4.69) is 28.2 Å². The molecule has 1 aliphatic rings. The molecular weight excluding hydrogens is 297 g/mol. The van der Waals surface area contributed by atoms with Gasteiger partial charge in [-0.15, -0.1) is 0 Å². The summed E-state index contributed by atoms with van der Waals surface area (Å²) in [4.78, 5) is 12.0. The van der Waals surface area contributed by atoms with E-state index in [0.717, 1.165) is 13.0 Å². The Balaban J connectivity index is 1.97. The van der Waals surface area contributed by atoms with Crippen LogP contribution in [0.4, 0.5) is 4.39 Å². The summed E-state index contributed by atoms with van der Waals surface area (Å²) in [5.41, 5.74) is 0.793. The standard InChI is InChI=1S/C14H17BrFNO/c1-2-14(6-3-7-14)9-17-13(18)10-4-5-12(16)11(15)8-10/h4-5,8H,2-3,6-7,9H2,1H3,(H,17,18). The summed E-state index contributed by atoms with van der Waals surface area (Å²) in [5.74, 6) is -0.481. The van der Waals surface area contributed by atoms with Gasteiger partial charge in [0.25, 0.3) is 5.91 Å². The minimum atomic E-state index is -0.351. The largest absolute Gasteiger partial charge is 0.351 e. The molecule has 0 saturated heterocycles. The summed E-state index contributed by atoms with van der Waals surface area (Å²) in [6.45, 7) is 2.89. The first-order valence-corrected chi connectivity index (χ1v) is 7.09. The molecule has 0 heterocycles. The lowest BCUT2D eigenvalue weighted by Crippen LogP contribution is -2.41. The smallest absolute Gasteiger partial charge is 0.251 e. The molecule has 1 saturated carbocycles. The van der Waals surface area contributed by atoms with Gasteiger partial charge in [-0.1, -0.05) is 13.3 Å². The minimum absolute atomic E-state index is 0.129. The molecule has 1 N–H and O–H groups in total. The van der Waals surface area contributed by atoms with Crippen LogP contribution in [-0.2, 0) is 0 Å². The van der Waals surface area contributed by atoms with Gasteiger partial charge >= 0.3 is 0 Å². The highest BCUT2D eigenvalue weighted by molar-refractivity contribution is 9.10. The van der Waals surface area contributed by atoms with Crippen molar-refractivity contribution in [3.63, 3.8) is 0 Å². The fraction of sp³-hybridized carbons (Fsp3) is 0.500. The van der Waals surface area contributed by atoms with Crippen molar-refractivity contribution in [1.82, 2.24) is 5.32 Å². The van der Waals surface area contributed by atoms with Crippen LogP contribution < -0.4 is 5.32 Å². The van der Waals surface area contributed by atoms with E-state index in [-0.39, 0.29) is 11.7 Å². The predicted molar refractivity (Wildman–Crippen MR) is 73.0 cm³/mol. The third-order valence-electron chi connectivity index (χ3n) is 3.97. The first kappa shape index (κ1) is 13.5. The highest BCUT2D eigenvalue weighted by atomic mass is 79.9. The third kappa shape index (κ3) is 2.74. The Morgan fingerprint density at radius 3 is 2.72 bits per heavy atom. The normalized spacial score (nSPS) is 17.1. The second-order valence-electron chi connectivity index (χ2n) is 5.02. The van der Waals surface area contributed by atoms with Gasteiger partial charge in [0.15, 0.2) is 0 Å². The fourth-order valence-electron chi connectivity index (χ4n) is 2.34.